The molecule has 0 fully saturated rings. The van der Waals surface area contributed by atoms with Gasteiger partial charge in [-0.1, -0.05) is 12.1 Å². The molecule has 0 bridgehead atoms. The number of hydrogen-bond acceptors (Lipinski definition) is 3. The van der Waals surface area contributed by atoms with Gasteiger partial charge in [0, 0.05) is 20.3 Å². The molecule has 1 aromatic rings. The Balaban J connectivity index is 2.16. The number of rotatable bonds is 8. The van der Waals surface area contributed by atoms with Gasteiger partial charge in [-0.3, -0.25) is 0 Å². The van der Waals surface area contributed by atoms with Gasteiger partial charge in [0.1, 0.15) is 6.61 Å². The predicted molar refractivity (Wildman–Crippen MR) is 63.9 cm³/mol. The molecule has 0 radical (unpaired) electrons. The van der Waals surface area contributed by atoms with E-state index in [9.17, 15) is 4.39 Å². The minimum Gasteiger partial charge on any atom is -0.488 e. The number of ether oxygens (including phenoxy) is 3. The minimum atomic E-state index is -0.299. The lowest BCUT2D eigenvalue weighted by molar-refractivity contribution is 0.0797. The van der Waals surface area contributed by atoms with Crippen molar-refractivity contribution in [3.63, 3.8) is 0 Å². The Morgan fingerprint density at radius 3 is 2.71 bits per heavy atom. The quantitative estimate of drug-likeness (QED) is 0.656. The first-order valence-corrected chi connectivity index (χ1v) is 5.70. The van der Waals surface area contributed by atoms with Crippen molar-refractivity contribution >= 4 is 0 Å². The van der Waals surface area contributed by atoms with Gasteiger partial charge in [0.05, 0.1) is 6.61 Å². The number of methoxy groups -OCH3 is 1. The van der Waals surface area contributed by atoms with Gasteiger partial charge >= 0.3 is 0 Å². The summed E-state index contributed by atoms with van der Waals surface area (Å²) in [5.41, 5.74) is 0.587. The van der Waals surface area contributed by atoms with Gasteiger partial charge in [-0.05, 0) is 25.0 Å². The molecule has 0 aliphatic heterocycles. The predicted octanol–water partition coefficient (Wildman–Crippen LogP) is 2.57. The first kappa shape index (κ1) is 13.9. The maximum atomic E-state index is 13.5. The summed E-state index contributed by atoms with van der Waals surface area (Å²) < 4.78 is 29.0. The molecule has 0 aromatic heterocycles. The number of aryl methyl sites for hydroxylation is 1. The molecule has 1 aromatic carbocycles. The van der Waals surface area contributed by atoms with Crippen LogP contribution in [0.5, 0.6) is 5.75 Å². The molecule has 0 N–H and O–H groups in total. The van der Waals surface area contributed by atoms with Crippen molar-refractivity contribution in [3.05, 3.63) is 29.6 Å². The van der Waals surface area contributed by atoms with Crippen LogP contribution >= 0.6 is 0 Å². The van der Waals surface area contributed by atoms with Gasteiger partial charge in [-0.25, -0.2) is 4.39 Å². The molecule has 0 saturated heterocycles. The van der Waals surface area contributed by atoms with Crippen molar-refractivity contribution in [1.82, 2.24) is 0 Å². The monoisotopic (exact) mass is 242 g/mol. The van der Waals surface area contributed by atoms with Crippen LogP contribution in [0.25, 0.3) is 0 Å². The summed E-state index contributed by atoms with van der Waals surface area (Å²) in [6.45, 7) is 3.84. The van der Waals surface area contributed by atoms with Crippen molar-refractivity contribution in [1.29, 1.82) is 0 Å². The summed E-state index contributed by atoms with van der Waals surface area (Å²) in [7, 11) is 1.66. The van der Waals surface area contributed by atoms with E-state index in [0.29, 0.717) is 32.0 Å². The van der Waals surface area contributed by atoms with E-state index in [4.69, 9.17) is 14.2 Å². The molecule has 0 unspecified atom stereocenters. The largest absolute Gasteiger partial charge is 0.488 e. The maximum absolute atomic E-state index is 13.5. The molecular formula is C13H19FO3. The highest BCUT2D eigenvalue weighted by Crippen LogP contribution is 2.19. The molecule has 0 saturated carbocycles. The molecule has 96 valence electrons. The van der Waals surface area contributed by atoms with E-state index in [1.54, 1.807) is 32.2 Å². The zero-order chi connectivity index (χ0) is 12.5. The highest BCUT2D eigenvalue weighted by molar-refractivity contribution is 5.29. The van der Waals surface area contributed by atoms with Crippen LogP contribution in [0.1, 0.15) is 12.0 Å². The van der Waals surface area contributed by atoms with Crippen LogP contribution in [0.4, 0.5) is 4.39 Å². The fraction of sp³-hybridized carbons (Fsp3) is 0.538. The molecule has 4 heteroatoms. The first-order chi connectivity index (χ1) is 8.25. The summed E-state index contributed by atoms with van der Waals surface area (Å²) >= 11 is 0. The Morgan fingerprint density at radius 2 is 1.94 bits per heavy atom. The van der Waals surface area contributed by atoms with Crippen LogP contribution in [0.15, 0.2) is 18.2 Å². The van der Waals surface area contributed by atoms with Crippen molar-refractivity contribution in [2.24, 2.45) is 0 Å². The van der Waals surface area contributed by atoms with Gasteiger partial charge < -0.3 is 14.2 Å². The van der Waals surface area contributed by atoms with Crippen molar-refractivity contribution < 1.29 is 18.6 Å². The SMILES string of the molecule is COCCCOCCOc1cccc(C)c1F. The summed E-state index contributed by atoms with van der Waals surface area (Å²) in [4.78, 5) is 0. The smallest absolute Gasteiger partial charge is 0.167 e. The minimum absolute atomic E-state index is 0.283. The first-order valence-electron chi connectivity index (χ1n) is 5.70. The van der Waals surface area contributed by atoms with Gasteiger partial charge in [-0.15, -0.1) is 0 Å². The summed E-state index contributed by atoms with van der Waals surface area (Å²) in [5, 5.41) is 0. The fourth-order valence-corrected chi connectivity index (χ4v) is 1.35. The Hall–Kier alpha value is -1.13. The number of benzene rings is 1. The number of hydrogen-bond donors (Lipinski definition) is 0. The second-order valence-electron chi connectivity index (χ2n) is 3.69. The Labute approximate surface area is 101 Å². The second-order valence-corrected chi connectivity index (χ2v) is 3.69. The zero-order valence-electron chi connectivity index (χ0n) is 10.4. The molecule has 0 aliphatic rings. The third-order valence-corrected chi connectivity index (χ3v) is 2.28. The lowest BCUT2D eigenvalue weighted by Crippen LogP contribution is -2.09. The molecule has 0 aliphatic carbocycles. The van der Waals surface area contributed by atoms with Gasteiger partial charge in [0.15, 0.2) is 11.6 Å². The van der Waals surface area contributed by atoms with Crippen molar-refractivity contribution in [3.8, 4) is 5.75 Å². The molecule has 3 nitrogen and oxygen atoms in total. The average Bonchev–Trinajstić information content (AvgIpc) is 2.33. The number of halogens is 1. The van der Waals surface area contributed by atoms with Crippen molar-refractivity contribution in [2.45, 2.75) is 13.3 Å². The summed E-state index contributed by atoms with van der Waals surface area (Å²) in [6, 6.07) is 5.10. The second kappa shape index (κ2) is 8.03. The van der Waals surface area contributed by atoms with Gasteiger partial charge in [0.2, 0.25) is 0 Å². The molecule has 0 heterocycles. The molecular weight excluding hydrogens is 223 g/mol. The average molecular weight is 242 g/mol. The Morgan fingerprint density at radius 1 is 1.12 bits per heavy atom. The van der Waals surface area contributed by atoms with E-state index in [1.165, 1.54) is 0 Å². The topological polar surface area (TPSA) is 27.7 Å². The van der Waals surface area contributed by atoms with Crippen LogP contribution in [0.2, 0.25) is 0 Å². The lowest BCUT2D eigenvalue weighted by Gasteiger charge is -2.08. The third kappa shape index (κ3) is 5.15. The van der Waals surface area contributed by atoms with E-state index in [1.807, 2.05) is 0 Å². The molecule has 1 rings (SSSR count). The van der Waals surface area contributed by atoms with Crippen LogP contribution in [-0.4, -0.2) is 33.5 Å². The van der Waals surface area contributed by atoms with Crippen LogP contribution in [0, 0.1) is 12.7 Å². The summed E-state index contributed by atoms with van der Waals surface area (Å²) in [6.07, 6.45) is 0.856. The van der Waals surface area contributed by atoms with Gasteiger partial charge in [0.25, 0.3) is 0 Å². The Bertz CT molecular complexity index is 328. The molecule has 17 heavy (non-hydrogen) atoms. The maximum Gasteiger partial charge on any atom is 0.167 e. The molecule has 0 atom stereocenters. The Kier molecular flexibility index (Phi) is 6.58. The van der Waals surface area contributed by atoms with Crippen LogP contribution in [0.3, 0.4) is 0 Å². The lowest BCUT2D eigenvalue weighted by atomic mass is 10.2. The van der Waals surface area contributed by atoms with Gasteiger partial charge in [-0.2, -0.15) is 0 Å². The zero-order valence-corrected chi connectivity index (χ0v) is 10.4. The highest BCUT2D eigenvalue weighted by Gasteiger charge is 2.04. The normalized spacial score (nSPS) is 10.5. The van der Waals surface area contributed by atoms with E-state index < -0.39 is 0 Å². The molecule has 0 amide bonds. The fourth-order valence-electron chi connectivity index (χ4n) is 1.35. The van der Waals surface area contributed by atoms with E-state index in [0.717, 1.165) is 6.42 Å². The van der Waals surface area contributed by atoms with Crippen LogP contribution < -0.4 is 4.74 Å². The van der Waals surface area contributed by atoms with Crippen LogP contribution in [-0.2, 0) is 9.47 Å². The van der Waals surface area contributed by atoms with Crippen molar-refractivity contribution in [2.75, 3.05) is 33.5 Å². The third-order valence-electron chi connectivity index (χ3n) is 2.28. The van der Waals surface area contributed by atoms with E-state index in [2.05, 4.69) is 0 Å². The van der Waals surface area contributed by atoms with E-state index >= 15 is 0 Å². The summed E-state index contributed by atoms with van der Waals surface area (Å²) in [5.74, 6) is -0.0163. The highest BCUT2D eigenvalue weighted by atomic mass is 19.1. The standard InChI is InChI=1S/C13H19FO3/c1-11-5-3-6-12(13(11)14)17-10-9-16-8-4-7-15-2/h3,5-6H,4,7-10H2,1-2H3. The molecule has 0 spiro atoms. The van der Waals surface area contributed by atoms with E-state index in [-0.39, 0.29) is 11.6 Å².